The smallest absolute Gasteiger partial charge is 0.266 e. The quantitative estimate of drug-likeness (QED) is 0.261. The molecular weight excluding hydrogens is 370 g/mol. The lowest BCUT2D eigenvalue weighted by atomic mass is 10.1. The Hall–Kier alpha value is -2.84. The van der Waals surface area contributed by atoms with Crippen molar-refractivity contribution in [2.45, 2.75) is 6.92 Å². The molecule has 6 nitrogen and oxygen atoms in total. The summed E-state index contributed by atoms with van der Waals surface area (Å²) in [6.45, 7) is 1.99. The van der Waals surface area contributed by atoms with E-state index in [1.165, 1.54) is 30.1 Å². The number of rotatable bonds is 4. The van der Waals surface area contributed by atoms with Crippen LogP contribution in [0.5, 0.6) is 0 Å². The van der Waals surface area contributed by atoms with Gasteiger partial charge in [-0.05, 0) is 30.8 Å². The van der Waals surface area contributed by atoms with E-state index in [-0.39, 0.29) is 11.6 Å². The standard InChI is InChI=1S/C18H13N3O3S2/c1-12-5-7-13(8-6-12)10-16-17(22)20(18(25)26-16)19-11-14-3-2-4-15(9-14)21(23)24/h2-11H,1H3/b16-10+,19-11+. The number of hydrazone groups is 1. The van der Waals surface area contributed by atoms with Crippen molar-refractivity contribution in [3.63, 3.8) is 0 Å². The van der Waals surface area contributed by atoms with Gasteiger partial charge in [0.05, 0.1) is 16.0 Å². The third kappa shape index (κ3) is 4.04. The lowest BCUT2D eigenvalue weighted by Gasteiger charge is -2.06. The van der Waals surface area contributed by atoms with Crippen molar-refractivity contribution in [3.8, 4) is 0 Å². The van der Waals surface area contributed by atoms with Gasteiger partial charge in [-0.2, -0.15) is 10.1 Å². The number of carbonyl (C=O) groups excluding carboxylic acids is 1. The molecule has 1 aliphatic heterocycles. The second kappa shape index (κ2) is 7.59. The molecule has 130 valence electrons. The van der Waals surface area contributed by atoms with Crippen molar-refractivity contribution in [2.75, 3.05) is 0 Å². The number of nitrogens with zero attached hydrogens (tertiary/aromatic N) is 3. The molecule has 1 fully saturated rings. The molecule has 3 rings (SSSR count). The highest BCUT2D eigenvalue weighted by atomic mass is 32.2. The fraction of sp³-hybridized carbons (Fsp3) is 0.0556. The van der Waals surface area contributed by atoms with Gasteiger partial charge in [0.15, 0.2) is 4.32 Å². The van der Waals surface area contributed by atoms with Crippen molar-refractivity contribution in [3.05, 3.63) is 80.2 Å². The lowest BCUT2D eigenvalue weighted by molar-refractivity contribution is -0.384. The number of amides is 1. The highest BCUT2D eigenvalue weighted by molar-refractivity contribution is 8.26. The first-order valence-electron chi connectivity index (χ1n) is 7.57. The van der Waals surface area contributed by atoms with E-state index >= 15 is 0 Å². The molecule has 0 spiro atoms. The first kappa shape index (κ1) is 18.0. The fourth-order valence-corrected chi connectivity index (χ4v) is 3.39. The average Bonchev–Trinajstić information content (AvgIpc) is 2.89. The second-order valence-corrected chi connectivity index (χ2v) is 7.18. The molecule has 2 aromatic carbocycles. The Morgan fingerprint density at radius 1 is 1.19 bits per heavy atom. The maximum absolute atomic E-state index is 12.5. The summed E-state index contributed by atoms with van der Waals surface area (Å²) in [7, 11) is 0. The number of non-ortho nitro benzene ring substituents is 1. The summed E-state index contributed by atoms with van der Waals surface area (Å²) in [5.74, 6) is -0.317. The van der Waals surface area contributed by atoms with Crippen LogP contribution in [0.1, 0.15) is 16.7 Å². The average molecular weight is 383 g/mol. The highest BCUT2D eigenvalue weighted by Crippen LogP contribution is 2.32. The van der Waals surface area contributed by atoms with Gasteiger partial charge in [-0.25, -0.2) is 0 Å². The summed E-state index contributed by atoms with van der Waals surface area (Å²) in [5.41, 5.74) is 2.50. The molecule has 2 aromatic rings. The van der Waals surface area contributed by atoms with E-state index in [9.17, 15) is 14.9 Å². The zero-order valence-electron chi connectivity index (χ0n) is 13.7. The van der Waals surface area contributed by atoms with Gasteiger partial charge in [-0.3, -0.25) is 14.9 Å². The zero-order valence-corrected chi connectivity index (χ0v) is 15.3. The SMILES string of the molecule is Cc1ccc(/C=C2/SC(=S)N(/N=C/c3cccc([N+](=O)[O-])c3)C2=O)cc1. The number of nitro benzene ring substituents is 1. The molecule has 0 N–H and O–H groups in total. The Bertz CT molecular complexity index is 952. The Morgan fingerprint density at radius 3 is 2.62 bits per heavy atom. The van der Waals surface area contributed by atoms with Gasteiger partial charge in [0.2, 0.25) is 0 Å². The largest absolute Gasteiger partial charge is 0.286 e. The summed E-state index contributed by atoms with van der Waals surface area (Å²) in [5, 5.41) is 16.0. The van der Waals surface area contributed by atoms with Crippen LogP contribution >= 0.6 is 24.0 Å². The minimum Gasteiger partial charge on any atom is -0.266 e. The molecule has 0 aliphatic carbocycles. The number of benzene rings is 2. The summed E-state index contributed by atoms with van der Waals surface area (Å²) >= 11 is 6.39. The van der Waals surface area contributed by atoms with Gasteiger partial charge >= 0.3 is 0 Å². The van der Waals surface area contributed by atoms with Crippen molar-refractivity contribution < 1.29 is 9.72 Å². The molecule has 1 aliphatic rings. The third-order valence-corrected chi connectivity index (χ3v) is 4.83. The fourth-order valence-electron chi connectivity index (χ4n) is 2.22. The second-order valence-electron chi connectivity index (χ2n) is 5.50. The van der Waals surface area contributed by atoms with Crippen molar-refractivity contribution >= 4 is 52.2 Å². The molecule has 1 amide bonds. The maximum atomic E-state index is 12.5. The van der Waals surface area contributed by atoms with Crippen molar-refractivity contribution in [2.24, 2.45) is 5.10 Å². The van der Waals surface area contributed by atoms with Crippen LogP contribution in [-0.2, 0) is 4.79 Å². The molecule has 0 aromatic heterocycles. The van der Waals surface area contributed by atoms with Crippen LogP contribution in [-0.4, -0.2) is 26.4 Å². The normalized spacial score (nSPS) is 16.0. The molecule has 0 radical (unpaired) electrons. The van der Waals surface area contributed by atoms with Gasteiger partial charge < -0.3 is 0 Å². The Morgan fingerprint density at radius 2 is 1.92 bits per heavy atom. The highest BCUT2D eigenvalue weighted by Gasteiger charge is 2.32. The Labute approximate surface area is 159 Å². The molecule has 1 saturated heterocycles. The van der Waals surface area contributed by atoms with Gasteiger partial charge in [0.1, 0.15) is 0 Å². The number of thioether (sulfide) groups is 1. The van der Waals surface area contributed by atoms with Crippen LogP contribution in [0.15, 0.2) is 58.5 Å². The molecule has 0 atom stereocenters. The van der Waals surface area contributed by atoms with Gasteiger partial charge in [-0.15, -0.1) is 0 Å². The topological polar surface area (TPSA) is 75.8 Å². The number of carbonyl (C=O) groups is 1. The summed E-state index contributed by atoms with van der Waals surface area (Å²) in [4.78, 5) is 23.3. The number of aryl methyl sites for hydroxylation is 1. The van der Waals surface area contributed by atoms with Crippen LogP contribution in [0.3, 0.4) is 0 Å². The number of hydrogen-bond acceptors (Lipinski definition) is 6. The maximum Gasteiger partial charge on any atom is 0.286 e. The van der Waals surface area contributed by atoms with Gasteiger partial charge in [0, 0.05) is 17.7 Å². The molecule has 0 saturated carbocycles. The molecule has 0 unspecified atom stereocenters. The van der Waals surface area contributed by atoms with E-state index in [2.05, 4.69) is 5.10 Å². The molecule has 26 heavy (non-hydrogen) atoms. The summed E-state index contributed by atoms with van der Waals surface area (Å²) in [6, 6.07) is 13.8. The minimum absolute atomic E-state index is 0.0430. The van der Waals surface area contributed by atoms with Crippen LogP contribution in [0.2, 0.25) is 0 Å². The first-order chi connectivity index (χ1) is 12.4. The summed E-state index contributed by atoms with van der Waals surface area (Å²) < 4.78 is 0.315. The van der Waals surface area contributed by atoms with Crippen molar-refractivity contribution in [1.82, 2.24) is 5.01 Å². The molecule has 0 bridgehead atoms. The van der Waals surface area contributed by atoms with Crippen LogP contribution < -0.4 is 0 Å². The minimum atomic E-state index is -0.485. The number of nitro groups is 1. The molecular formula is C18H13N3O3S2. The first-order valence-corrected chi connectivity index (χ1v) is 8.79. The van der Waals surface area contributed by atoms with Crippen molar-refractivity contribution in [1.29, 1.82) is 0 Å². The monoisotopic (exact) mass is 383 g/mol. The van der Waals surface area contributed by atoms with Crippen LogP contribution in [0, 0.1) is 17.0 Å². The van der Waals surface area contributed by atoms with E-state index in [1.54, 1.807) is 18.2 Å². The number of thiocarbonyl (C=S) groups is 1. The van der Waals surface area contributed by atoms with Crippen LogP contribution in [0.4, 0.5) is 5.69 Å². The van der Waals surface area contributed by atoms with Gasteiger partial charge in [-0.1, -0.05) is 53.7 Å². The van der Waals surface area contributed by atoms with Crippen LogP contribution in [0.25, 0.3) is 6.08 Å². The van der Waals surface area contributed by atoms with E-state index in [0.717, 1.165) is 16.1 Å². The van der Waals surface area contributed by atoms with E-state index in [4.69, 9.17) is 12.2 Å². The zero-order chi connectivity index (χ0) is 18.7. The summed E-state index contributed by atoms with van der Waals surface area (Å²) in [6.07, 6.45) is 3.15. The van der Waals surface area contributed by atoms with E-state index in [0.29, 0.717) is 14.8 Å². The Kier molecular flexibility index (Phi) is 5.24. The van der Waals surface area contributed by atoms with Gasteiger partial charge in [0.25, 0.3) is 11.6 Å². The Balaban J connectivity index is 1.80. The van der Waals surface area contributed by atoms with E-state index < -0.39 is 4.92 Å². The predicted octanol–water partition coefficient (Wildman–Crippen LogP) is 4.14. The molecule has 8 heteroatoms. The lowest BCUT2D eigenvalue weighted by Crippen LogP contribution is -2.22. The van der Waals surface area contributed by atoms with E-state index in [1.807, 2.05) is 31.2 Å². The molecule has 1 heterocycles. The number of hydrogen-bond donors (Lipinski definition) is 0. The third-order valence-electron chi connectivity index (χ3n) is 3.55. The predicted molar refractivity (Wildman–Crippen MR) is 107 cm³/mol.